The van der Waals surface area contributed by atoms with Gasteiger partial charge in [-0.05, 0) is 36.0 Å². The zero-order chi connectivity index (χ0) is 10.0. The molecule has 1 aliphatic rings. The molecule has 0 amide bonds. The molecule has 0 aromatic carbocycles. The van der Waals surface area contributed by atoms with Crippen LogP contribution in [0.25, 0.3) is 0 Å². The lowest BCUT2D eigenvalue weighted by Gasteiger charge is -2.27. The first-order chi connectivity index (χ1) is 6.07. The van der Waals surface area contributed by atoms with Gasteiger partial charge in [-0.2, -0.15) is 0 Å². The summed E-state index contributed by atoms with van der Waals surface area (Å²) in [4.78, 5) is 0. The lowest BCUT2D eigenvalue weighted by Crippen LogP contribution is -2.20. The van der Waals surface area contributed by atoms with E-state index < -0.39 is 0 Å². The average molecular weight is 182 g/mol. The predicted molar refractivity (Wildman–Crippen MR) is 59.7 cm³/mol. The van der Waals surface area contributed by atoms with Crippen molar-refractivity contribution in [2.24, 2.45) is 29.6 Å². The standard InChI is InChI=1S/C13H26/c1-6-7-9(2)13-11(4)8-10(3)12(13)5/h9-13H,6-8H2,1-5H3. The Morgan fingerprint density at radius 3 is 2.15 bits per heavy atom. The highest BCUT2D eigenvalue weighted by molar-refractivity contribution is 4.87. The van der Waals surface area contributed by atoms with E-state index >= 15 is 0 Å². The van der Waals surface area contributed by atoms with Crippen LogP contribution in [0.4, 0.5) is 0 Å². The van der Waals surface area contributed by atoms with E-state index in [2.05, 4.69) is 34.6 Å². The van der Waals surface area contributed by atoms with E-state index in [1.165, 1.54) is 19.3 Å². The third kappa shape index (κ3) is 2.27. The van der Waals surface area contributed by atoms with Crippen LogP contribution < -0.4 is 0 Å². The molecule has 0 aliphatic heterocycles. The topological polar surface area (TPSA) is 0 Å². The Kier molecular flexibility index (Phi) is 3.82. The Labute approximate surface area is 84.1 Å². The minimum atomic E-state index is 0.944. The van der Waals surface area contributed by atoms with Gasteiger partial charge in [-0.25, -0.2) is 0 Å². The van der Waals surface area contributed by atoms with E-state index in [4.69, 9.17) is 0 Å². The minimum Gasteiger partial charge on any atom is -0.0654 e. The Morgan fingerprint density at radius 1 is 1.15 bits per heavy atom. The summed E-state index contributed by atoms with van der Waals surface area (Å²) in [5.41, 5.74) is 0. The highest BCUT2D eigenvalue weighted by atomic mass is 14.4. The van der Waals surface area contributed by atoms with Gasteiger partial charge in [0.15, 0.2) is 0 Å². The quantitative estimate of drug-likeness (QED) is 0.608. The molecule has 1 rings (SSSR count). The van der Waals surface area contributed by atoms with Crippen molar-refractivity contribution in [1.29, 1.82) is 0 Å². The molecule has 0 spiro atoms. The van der Waals surface area contributed by atoms with Crippen molar-refractivity contribution < 1.29 is 0 Å². The zero-order valence-corrected chi connectivity index (χ0v) is 10.0. The van der Waals surface area contributed by atoms with E-state index in [1.807, 2.05) is 0 Å². The summed E-state index contributed by atoms with van der Waals surface area (Å²) in [7, 11) is 0. The summed E-state index contributed by atoms with van der Waals surface area (Å²) in [6.45, 7) is 12.1. The van der Waals surface area contributed by atoms with E-state index in [9.17, 15) is 0 Å². The molecule has 5 unspecified atom stereocenters. The first-order valence-corrected chi connectivity index (χ1v) is 6.07. The maximum absolute atomic E-state index is 2.46. The first kappa shape index (κ1) is 11.1. The number of hydrogen-bond acceptors (Lipinski definition) is 0. The summed E-state index contributed by atoms with van der Waals surface area (Å²) in [5, 5.41) is 0. The molecule has 78 valence electrons. The Balaban J connectivity index is 2.56. The lowest BCUT2D eigenvalue weighted by molar-refractivity contribution is 0.216. The van der Waals surface area contributed by atoms with Crippen LogP contribution in [0.15, 0.2) is 0 Å². The number of rotatable bonds is 3. The molecule has 0 bridgehead atoms. The van der Waals surface area contributed by atoms with E-state index in [-0.39, 0.29) is 0 Å². The summed E-state index contributed by atoms with van der Waals surface area (Å²) in [6.07, 6.45) is 4.23. The summed E-state index contributed by atoms with van der Waals surface area (Å²) in [5.74, 6) is 4.82. The molecule has 0 heteroatoms. The van der Waals surface area contributed by atoms with Gasteiger partial charge in [0, 0.05) is 0 Å². The second-order valence-corrected chi connectivity index (χ2v) is 5.39. The second-order valence-electron chi connectivity index (χ2n) is 5.39. The fourth-order valence-corrected chi connectivity index (χ4v) is 3.58. The highest BCUT2D eigenvalue weighted by Crippen LogP contribution is 2.45. The van der Waals surface area contributed by atoms with Crippen molar-refractivity contribution in [3.05, 3.63) is 0 Å². The van der Waals surface area contributed by atoms with E-state index in [1.54, 1.807) is 0 Å². The first-order valence-electron chi connectivity index (χ1n) is 6.07. The van der Waals surface area contributed by atoms with Crippen LogP contribution in [0.2, 0.25) is 0 Å². The SMILES string of the molecule is CCCC(C)C1C(C)CC(C)C1C. The van der Waals surface area contributed by atoms with E-state index in [0.717, 1.165) is 29.6 Å². The molecule has 5 atom stereocenters. The summed E-state index contributed by atoms with van der Waals surface area (Å²) in [6, 6.07) is 0. The van der Waals surface area contributed by atoms with Gasteiger partial charge in [-0.3, -0.25) is 0 Å². The fourth-order valence-electron chi connectivity index (χ4n) is 3.58. The summed E-state index contributed by atoms with van der Waals surface area (Å²) < 4.78 is 0. The molecule has 0 nitrogen and oxygen atoms in total. The number of hydrogen-bond donors (Lipinski definition) is 0. The van der Waals surface area contributed by atoms with Crippen LogP contribution in [0.5, 0.6) is 0 Å². The Bertz CT molecular complexity index is 150. The van der Waals surface area contributed by atoms with Crippen LogP contribution in [0.1, 0.15) is 53.9 Å². The van der Waals surface area contributed by atoms with Gasteiger partial charge in [0.1, 0.15) is 0 Å². The normalized spacial score (nSPS) is 42.2. The Morgan fingerprint density at radius 2 is 1.77 bits per heavy atom. The third-order valence-electron chi connectivity index (χ3n) is 4.31. The van der Waals surface area contributed by atoms with Crippen molar-refractivity contribution in [2.75, 3.05) is 0 Å². The molecule has 0 radical (unpaired) electrons. The maximum atomic E-state index is 2.46. The molecule has 0 saturated heterocycles. The molecule has 1 saturated carbocycles. The van der Waals surface area contributed by atoms with Gasteiger partial charge in [0.25, 0.3) is 0 Å². The van der Waals surface area contributed by atoms with Gasteiger partial charge in [0.05, 0.1) is 0 Å². The van der Waals surface area contributed by atoms with Gasteiger partial charge in [-0.15, -0.1) is 0 Å². The van der Waals surface area contributed by atoms with Gasteiger partial charge < -0.3 is 0 Å². The molecule has 0 heterocycles. The Hall–Kier alpha value is 0. The van der Waals surface area contributed by atoms with Crippen molar-refractivity contribution in [2.45, 2.75) is 53.9 Å². The van der Waals surface area contributed by atoms with Crippen molar-refractivity contribution in [3.63, 3.8) is 0 Å². The van der Waals surface area contributed by atoms with Crippen LogP contribution in [-0.4, -0.2) is 0 Å². The minimum absolute atomic E-state index is 0.944. The molecule has 0 N–H and O–H groups in total. The second kappa shape index (κ2) is 4.48. The third-order valence-corrected chi connectivity index (χ3v) is 4.31. The maximum Gasteiger partial charge on any atom is -0.0334 e. The van der Waals surface area contributed by atoms with Crippen LogP contribution in [0, 0.1) is 29.6 Å². The van der Waals surface area contributed by atoms with E-state index in [0.29, 0.717) is 0 Å². The molecular weight excluding hydrogens is 156 g/mol. The van der Waals surface area contributed by atoms with Crippen molar-refractivity contribution in [3.8, 4) is 0 Å². The largest absolute Gasteiger partial charge is 0.0654 e. The summed E-state index contributed by atoms with van der Waals surface area (Å²) >= 11 is 0. The molecule has 1 aliphatic carbocycles. The zero-order valence-electron chi connectivity index (χ0n) is 10.0. The van der Waals surface area contributed by atoms with Crippen molar-refractivity contribution in [1.82, 2.24) is 0 Å². The molecular formula is C13H26. The lowest BCUT2D eigenvalue weighted by atomic mass is 9.78. The van der Waals surface area contributed by atoms with Crippen LogP contribution in [0.3, 0.4) is 0 Å². The van der Waals surface area contributed by atoms with Gasteiger partial charge in [0.2, 0.25) is 0 Å². The molecule has 13 heavy (non-hydrogen) atoms. The predicted octanol–water partition coefficient (Wildman–Crippen LogP) is 4.35. The van der Waals surface area contributed by atoms with Gasteiger partial charge >= 0.3 is 0 Å². The fraction of sp³-hybridized carbons (Fsp3) is 1.00. The van der Waals surface area contributed by atoms with Crippen molar-refractivity contribution >= 4 is 0 Å². The van der Waals surface area contributed by atoms with Crippen LogP contribution >= 0.6 is 0 Å². The molecule has 1 fully saturated rings. The van der Waals surface area contributed by atoms with Gasteiger partial charge in [-0.1, -0.05) is 47.5 Å². The smallest absolute Gasteiger partial charge is 0.0334 e. The average Bonchev–Trinajstić information content (AvgIpc) is 2.27. The molecule has 0 aromatic rings. The monoisotopic (exact) mass is 182 g/mol. The van der Waals surface area contributed by atoms with Crippen LogP contribution in [-0.2, 0) is 0 Å². The molecule has 0 aromatic heterocycles. The highest BCUT2D eigenvalue weighted by Gasteiger charge is 2.38.